The van der Waals surface area contributed by atoms with Crippen molar-refractivity contribution in [1.29, 1.82) is 0 Å². The number of imidazole rings is 1. The van der Waals surface area contributed by atoms with Crippen LogP contribution in [0.2, 0.25) is 0 Å². The minimum atomic E-state index is -0.920. The molecule has 2 rings (SSSR count). The van der Waals surface area contributed by atoms with E-state index in [1.807, 2.05) is 48.1 Å². The molecule has 4 nitrogen and oxygen atoms in total. The van der Waals surface area contributed by atoms with Crippen LogP contribution in [0.4, 0.5) is 0 Å². The Balaban J connectivity index is 2.26. The molecule has 0 bridgehead atoms. The van der Waals surface area contributed by atoms with Crippen molar-refractivity contribution in [3.05, 3.63) is 54.6 Å². The molecule has 0 fully saturated rings. The maximum absolute atomic E-state index is 10.7. The van der Waals surface area contributed by atoms with E-state index in [0.29, 0.717) is 13.1 Å². The Kier molecular flexibility index (Phi) is 3.56. The highest BCUT2D eigenvalue weighted by molar-refractivity contribution is 5.22. The molecule has 0 aliphatic carbocycles. The number of hydrogen-bond donors (Lipinski definition) is 2. The highest BCUT2D eigenvalue weighted by Gasteiger charge is 2.28. The van der Waals surface area contributed by atoms with Gasteiger partial charge in [-0.3, -0.25) is 0 Å². The molecular formula is C13H17N3O. The zero-order chi connectivity index (χ0) is 12.1. The van der Waals surface area contributed by atoms with Gasteiger partial charge in [-0.2, -0.15) is 0 Å². The van der Waals surface area contributed by atoms with E-state index in [1.165, 1.54) is 0 Å². The topological polar surface area (TPSA) is 50.1 Å². The smallest absolute Gasteiger partial charge is 0.120 e. The van der Waals surface area contributed by atoms with Gasteiger partial charge in [-0.25, -0.2) is 4.98 Å². The first-order chi connectivity index (χ1) is 8.24. The number of nitrogens with zero attached hydrogens (tertiary/aromatic N) is 2. The third-order valence-corrected chi connectivity index (χ3v) is 2.78. The van der Waals surface area contributed by atoms with Crippen LogP contribution in [0, 0.1) is 0 Å². The van der Waals surface area contributed by atoms with Gasteiger partial charge in [-0.05, 0) is 12.6 Å². The summed E-state index contributed by atoms with van der Waals surface area (Å²) in [5.74, 6) is 0. The summed E-state index contributed by atoms with van der Waals surface area (Å²) in [5, 5.41) is 13.8. The quantitative estimate of drug-likeness (QED) is 0.807. The molecule has 2 aromatic rings. The molecule has 2 N–H and O–H groups in total. The second-order valence-corrected chi connectivity index (χ2v) is 4.16. The molecule has 0 amide bonds. The fourth-order valence-corrected chi connectivity index (χ4v) is 1.97. The molecule has 1 unspecified atom stereocenters. The lowest BCUT2D eigenvalue weighted by molar-refractivity contribution is 0.0206. The molecule has 0 saturated heterocycles. The Bertz CT molecular complexity index is 441. The summed E-state index contributed by atoms with van der Waals surface area (Å²) in [4.78, 5) is 3.99. The van der Waals surface area contributed by atoms with Crippen LogP contribution >= 0.6 is 0 Å². The van der Waals surface area contributed by atoms with Gasteiger partial charge in [0.25, 0.3) is 0 Å². The Morgan fingerprint density at radius 3 is 2.71 bits per heavy atom. The lowest BCUT2D eigenvalue weighted by atomic mass is 9.93. The highest BCUT2D eigenvalue weighted by Crippen LogP contribution is 2.22. The number of aliphatic hydroxyl groups is 1. The largest absolute Gasteiger partial charge is 0.382 e. The Hall–Kier alpha value is -1.65. The third kappa shape index (κ3) is 2.72. The van der Waals surface area contributed by atoms with Crippen molar-refractivity contribution in [2.24, 2.45) is 0 Å². The maximum Gasteiger partial charge on any atom is 0.120 e. The minimum absolute atomic E-state index is 0.484. The molecule has 0 aliphatic heterocycles. The van der Waals surface area contributed by atoms with Crippen LogP contribution in [0.1, 0.15) is 5.56 Å². The van der Waals surface area contributed by atoms with Gasteiger partial charge in [-0.1, -0.05) is 30.3 Å². The number of hydrogen-bond acceptors (Lipinski definition) is 3. The molecule has 0 saturated carbocycles. The molecule has 17 heavy (non-hydrogen) atoms. The normalized spacial score (nSPS) is 14.5. The molecule has 1 heterocycles. The fraction of sp³-hybridized carbons (Fsp3) is 0.308. The summed E-state index contributed by atoms with van der Waals surface area (Å²) < 4.78 is 1.88. The molecule has 0 radical (unpaired) electrons. The lowest BCUT2D eigenvalue weighted by Gasteiger charge is -2.28. The van der Waals surface area contributed by atoms with E-state index in [9.17, 15) is 5.11 Å². The standard InChI is InChI=1S/C13H17N3O/c1-14-9-13(17,10-16-8-7-15-11-16)12-5-3-2-4-6-12/h2-8,11,14,17H,9-10H2,1H3. The van der Waals surface area contributed by atoms with Crippen LogP contribution in [-0.4, -0.2) is 28.3 Å². The summed E-state index contributed by atoms with van der Waals surface area (Å²) in [5.41, 5.74) is -0.0143. The molecule has 90 valence electrons. The number of benzene rings is 1. The van der Waals surface area contributed by atoms with Crippen molar-refractivity contribution < 1.29 is 5.11 Å². The molecule has 1 aromatic heterocycles. The SMILES string of the molecule is CNCC(O)(Cn1ccnc1)c1ccccc1. The van der Waals surface area contributed by atoms with Crippen molar-refractivity contribution in [1.82, 2.24) is 14.9 Å². The van der Waals surface area contributed by atoms with Crippen molar-refractivity contribution in [2.75, 3.05) is 13.6 Å². The summed E-state index contributed by atoms with van der Waals surface area (Å²) in [6, 6.07) is 9.69. The minimum Gasteiger partial charge on any atom is -0.382 e. The van der Waals surface area contributed by atoms with Crippen LogP contribution in [-0.2, 0) is 12.1 Å². The molecule has 4 heteroatoms. The highest BCUT2D eigenvalue weighted by atomic mass is 16.3. The summed E-state index contributed by atoms with van der Waals surface area (Å²) >= 11 is 0. The zero-order valence-corrected chi connectivity index (χ0v) is 9.87. The van der Waals surface area contributed by atoms with Crippen LogP contribution in [0.3, 0.4) is 0 Å². The Labute approximate surface area is 101 Å². The molecule has 1 aromatic carbocycles. The van der Waals surface area contributed by atoms with Gasteiger partial charge in [-0.15, -0.1) is 0 Å². The molecule has 1 atom stereocenters. The number of rotatable bonds is 5. The average molecular weight is 231 g/mol. The van der Waals surface area contributed by atoms with Crippen molar-refractivity contribution in [3.8, 4) is 0 Å². The Morgan fingerprint density at radius 2 is 2.12 bits per heavy atom. The third-order valence-electron chi connectivity index (χ3n) is 2.78. The fourth-order valence-electron chi connectivity index (χ4n) is 1.97. The van der Waals surface area contributed by atoms with Gasteiger partial charge < -0.3 is 15.0 Å². The van der Waals surface area contributed by atoms with Gasteiger partial charge in [0.2, 0.25) is 0 Å². The second-order valence-electron chi connectivity index (χ2n) is 4.16. The van der Waals surface area contributed by atoms with E-state index in [1.54, 1.807) is 12.5 Å². The second kappa shape index (κ2) is 5.12. The van der Waals surface area contributed by atoms with E-state index >= 15 is 0 Å². The Morgan fingerprint density at radius 1 is 1.35 bits per heavy atom. The number of aromatic nitrogens is 2. The van der Waals surface area contributed by atoms with Crippen LogP contribution in [0.5, 0.6) is 0 Å². The first-order valence-electron chi connectivity index (χ1n) is 5.63. The van der Waals surface area contributed by atoms with Crippen molar-refractivity contribution in [2.45, 2.75) is 12.1 Å². The van der Waals surface area contributed by atoms with Crippen LogP contribution in [0.25, 0.3) is 0 Å². The predicted molar refractivity (Wildman–Crippen MR) is 66.5 cm³/mol. The van der Waals surface area contributed by atoms with Gasteiger partial charge in [0.05, 0.1) is 12.9 Å². The van der Waals surface area contributed by atoms with Crippen molar-refractivity contribution >= 4 is 0 Å². The molecule has 0 aliphatic rings. The first kappa shape index (κ1) is 11.8. The van der Waals surface area contributed by atoms with Gasteiger partial charge in [0.1, 0.15) is 5.60 Å². The summed E-state index contributed by atoms with van der Waals surface area (Å²) in [7, 11) is 1.84. The first-order valence-corrected chi connectivity index (χ1v) is 5.63. The van der Waals surface area contributed by atoms with E-state index in [0.717, 1.165) is 5.56 Å². The predicted octanol–water partition coefficient (Wildman–Crippen LogP) is 0.990. The number of likely N-dealkylation sites (N-methyl/N-ethyl adjacent to an activating group) is 1. The molecular weight excluding hydrogens is 214 g/mol. The van der Waals surface area contributed by atoms with E-state index in [-0.39, 0.29) is 0 Å². The lowest BCUT2D eigenvalue weighted by Crippen LogP contribution is -2.40. The van der Waals surface area contributed by atoms with Crippen LogP contribution in [0.15, 0.2) is 49.1 Å². The molecule has 0 spiro atoms. The van der Waals surface area contributed by atoms with E-state index in [4.69, 9.17) is 0 Å². The van der Waals surface area contributed by atoms with E-state index < -0.39 is 5.60 Å². The monoisotopic (exact) mass is 231 g/mol. The number of nitrogens with one attached hydrogen (secondary N) is 1. The van der Waals surface area contributed by atoms with Gasteiger partial charge >= 0.3 is 0 Å². The average Bonchev–Trinajstić information content (AvgIpc) is 2.83. The zero-order valence-electron chi connectivity index (χ0n) is 9.87. The van der Waals surface area contributed by atoms with E-state index in [2.05, 4.69) is 10.3 Å². The van der Waals surface area contributed by atoms with Gasteiger partial charge in [0, 0.05) is 18.9 Å². The summed E-state index contributed by atoms with van der Waals surface area (Å²) in [6.07, 6.45) is 5.28. The maximum atomic E-state index is 10.7. The van der Waals surface area contributed by atoms with Crippen LogP contribution < -0.4 is 5.32 Å². The summed E-state index contributed by atoms with van der Waals surface area (Å²) in [6.45, 7) is 0.979. The van der Waals surface area contributed by atoms with Gasteiger partial charge in [0.15, 0.2) is 0 Å². The van der Waals surface area contributed by atoms with Crippen molar-refractivity contribution in [3.63, 3.8) is 0 Å².